The monoisotopic (exact) mass is 582 g/mol. The fourth-order valence-corrected chi connectivity index (χ4v) is 6.24. The van der Waals surface area contributed by atoms with Crippen LogP contribution < -0.4 is 0 Å². The molecule has 0 fully saturated rings. The first-order valence-electron chi connectivity index (χ1n) is 19.2. The maximum Gasteiger partial charge on any atom is 0.221 e. The fraction of sp³-hybridized carbons (Fsp3) is 1.00. The summed E-state index contributed by atoms with van der Waals surface area (Å²) in [7, 11) is 0. The minimum absolute atomic E-state index is 0.806. The Kier molecular flexibility index (Phi) is 32.7. The van der Waals surface area contributed by atoms with Crippen LogP contribution >= 0.6 is 0 Å². The van der Waals surface area contributed by atoms with E-state index < -0.39 is 5.91 Å². The average molecular weight is 582 g/mol. The van der Waals surface area contributed by atoms with Crippen LogP contribution in [0, 0.1) is 0 Å². The maximum atomic E-state index is 10.2. The Bertz CT molecular complexity index is 439. The van der Waals surface area contributed by atoms with Crippen LogP contribution in [0.3, 0.4) is 0 Å². The van der Waals surface area contributed by atoms with E-state index in [0.717, 1.165) is 25.9 Å². The third-order valence-corrected chi connectivity index (χ3v) is 9.16. The lowest BCUT2D eigenvalue weighted by Crippen LogP contribution is -2.47. The van der Waals surface area contributed by atoms with Crippen molar-refractivity contribution < 1.29 is 10.2 Å². The van der Waals surface area contributed by atoms with Crippen molar-refractivity contribution in [3.63, 3.8) is 0 Å². The van der Waals surface area contributed by atoms with Gasteiger partial charge in [-0.25, -0.2) is 0 Å². The highest BCUT2D eigenvalue weighted by molar-refractivity contribution is 4.65. The molecule has 0 aromatic rings. The van der Waals surface area contributed by atoms with Crippen LogP contribution in [0.4, 0.5) is 0 Å². The molecule has 248 valence electrons. The Balaban J connectivity index is 3.49. The quantitative estimate of drug-likeness (QED) is 0.0578. The molecule has 0 atom stereocenters. The maximum absolute atomic E-state index is 10.2. The Morgan fingerprint density at radius 1 is 0.317 bits per heavy atom. The Morgan fingerprint density at radius 3 is 0.659 bits per heavy atom. The third kappa shape index (κ3) is 32.6. The van der Waals surface area contributed by atoms with Gasteiger partial charge in [0.2, 0.25) is 5.91 Å². The molecule has 0 aliphatic carbocycles. The van der Waals surface area contributed by atoms with Gasteiger partial charge in [-0.2, -0.15) is 0 Å². The summed E-state index contributed by atoms with van der Waals surface area (Å²) in [5.74, 6) is -1.68. The molecule has 0 unspecified atom stereocenters. The largest absolute Gasteiger partial charge is 0.353 e. The highest BCUT2D eigenvalue weighted by atomic mass is 16.5. The number of aliphatic hydroxyl groups is 2. The summed E-state index contributed by atoms with van der Waals surface area (Å²) < 4.78 is 0. The molecule has 2 N–H and O–H groups in total. The zero-order chi connectivity index (χ0) is 30.1. The van der Waals surface area contributed by atoms with Crippen molar-refractivity contribution in [3.05, 3.63) is 0 Å². The van der Waals surface area contributed by atoms with E-state index in [1.165, 1.54) is 200 Å². The van der Waals surface area contributed by atoms with Crippen LogP contribution in [0.15, 0.2) is 0 Å². The van der Waals surface area contributed by atoms with E-state index >= 15 is 0 Å². The van der Waals surface area contributed by atoms with Gasteiger partial charge in [0.05, 0.1) is 0 Å². The standard InChI is InChI=1S/C38H79NO2/c1-4-6-8-10-12-14-16-18-20-22-24-26-28-30-32-34-36-39(38(3,40)41)37-35-33-31-29-27-25-23-21-19-17-15-13-11-9-7-5-2/h40-41H,4-37H2,1-3H3. The summed E-state index contributed by atoms with van der Waals surface area (Å²) in [6.07, 6.45) is 43.9. The number of rotatable bonds is 35. The van der Waals surface area contributed by atoms with Gasteiger partial charge in [0.15, 0.2) is 0 Å². The second-order valence-corrected chi connectivity index (χ2v) is 13.6. The zero-order valence-electron chi connectivity index (χ0n) is 28.9. The molecule has 0 bridgehead atoms. The number of hydrogen-bond acceptors (Lipinski definition) is 3. The smallest absolute Gasteiger partial charge is 0.221 e. The Hall–Kier alpha value is -0.120. The minimum Gasteiger partial charge on any atom is -0.353 e. The first-order chi connectivity index (χ1) is 20.0. The van der Waals surface area contributed by atoms with Crippen molar-refractivity contribution in [1.82, 2.24) is 4.90 Å². The van der Waals surface area contributed by atoms with Crippen molar-refractivity contribution in [3.8, 4) is 0 Å². The van der Waals surface area contributed by atoms with Crippen molar-refractivity contribution in [1.29, 1.82) is 0 Å². The Morgan fingerprint density at radius 2 is 0.488 bits per heavy atom. The van der Waals surface area contributed by atoms with Gasteiger partial charge in [-0.15, -0.1) is 0 Å². The molecule has 0 amide bonds. The molecule has 0 spiro atoms. The van der Waals surface area contributed by atoms with Crippen molar-refractivity contribution in [2.75, 3.05) is 13.1 Å². The van der Waals surface area contributed by atoms with Crippen molar-refractivity contribution in [2.24, 2.45) is 0 Å². The first-order valence-corrected chi connectivity index (χ1v) is 19.2. The predicted octanol–water partition coefficient (Wildman–Crippen LogP) is 12.5. The van der Waals surface area contributed by atoms with E-state index in [1.54, 1.807) is 0 Å². The molecule has 0 saturated carbocycles. The molecule has 0 aromatic carbocycles. The van der Waals surface area contributed by atoms with Gasteiger partial charge in [-0.1, -0.05) is 206 Å². The molecule has 0 aliphatic rings. The molecule has 0 heterocycles. The lowest BCUT2D eigenvalue weighted by atomic mass is 10.0. The zero-order valence-corrected chi connectivity index (χ0v) is 28.9. The van der Waals surface area contributed by atoms with E-state index in [1.807, 2.05) is 4.90 Å². The number of nitrogens with zero attached hydrogens (tertiary/aromatic N) is 1. The molecule has 3 heteroatoms. The van der Waals surface area contributed by atoms with Gasteiger partial charge in [-0.05, 0) is 12.8 Å². The third-order valence-electron chi connectivity index (χ3n) is 9.16. The molecule has 0 radical (unpaired) electrons. The van der Waals surface area contributed by atoms with Crippen molar-refractivity contribution in [2.45, 2.75) is 232 Å². The SMILES string of the molecule is CCCCCCCCCCCCCCCCCCN(CCCCCCCCCCCCCCCCCC)C(C)(O)O. The molecule has 0 aliphatic heterocycles. The minimum atomic E-state index is -1.68. The van der Waals surface area contributed by atoms with Crippen LogP contribution in [0.2, 0.25) is 0 Å². The van der Waals surface area contributed by atoms with Gasteiger partial charge < -0.3 is 10.2 Å². The summed E-state index contributed by atoms with van der Waals surface area (Å²) in [5.41, 5.74) is 0. The van der Waals surface area contributed by atoms with Gasteiger partial charge in [0.25, 0.3) is 0 Å². The lowest BCUT2D eigenvalue weighted by molar-refractivity contribution is -0.250. The predicted molar refractivity (Wildman–Crippen MR) is 184 cm³/mol. The van der Waals surface area contributed by atoms with Crippen molar-refractivity contribution >= 4 is 0 Å². The second-order valence-electron chi connectivity index (χ2n) is 13.6. The van der Waals surface area contributed by atoms with E-state index in [2.05, 4.69) is 13.8 Å². The lowest BCUT2D eigenvalue weighted by Gasteiger charge is -2.32. The molecule has 0 rings (SSSR count). The van der Waals surface area contributed by atoms with Gasteiger partial charge in [0.1, 0.15) is 0 Å². The topological polar surface area (TPSA) is 43.7 Å². The Labute approximate surface area is 260 Å². The summed E-state index contributed by atoms with van der Waals surface area (Å²) in [6, 6.07) is 0. The molecule has 3 nitrogen and oxygen atoms in total. The average Bonchev–Trinajstić information content (AvgIpc) is 2.95. The van der Waals surface area contributed by atoms with E-state index in [9.17, 15) is 10.2 Å². The van der Waals surface area contributed by atoms with Gasteiger partial charge in [0, 0.05) is 20.0 Å². The fourth-order valence-electron chi connectivity index (χ4n) is 6.24. The van der Waals surface area contributed by atoms with Crippen LogP contribution in [-0.2, 0) is 0 Å². The summed E-state index contributed by atoms with van der Waals surface area (Å²) in [4.78, 5) is 1.89. The summed E-state index contributed by atoms with van der Waals surface area (Å²) in [6.45, 7) is 7.73. The normalized spacial score (nSPS) is 12.1. The molecular weight excluding hydrogens is 502 g/mol. The number of hydrogen-bond donors (Lipinski definition) is 2. The van der Waals surface area contributed by atoms with Gasteiger partial charge >= 0.3 is 0 Å². The second kappa shape index (κ2) is 32.8. The van der Waals surface area contributed by atoms with Crippen LogP contribution in [0.25, 0.3) is 0 Å². The molecule has 0 aromatic heterocycles. The summed E-state index contributed by atoms with van der Waals surface area (Å²) >= 11 is 0. The van der Waals surface area contributed by atoms with Gasteiger partial charge in [-0.3, -0.25) is 4.90 Å². The molecule has 41 heavy (non-hydrogen) atoms. The van der Waals surface area contributed by atoms with Crippen LogP contribution in [0.1, 0.15) is 226 Å². The van der Waals surface area contributed by atoms with E-state index in [0.29, 0.717) is 0 Å². The highest BCUT2D eigenvalue weighted by Crippen LogP contribution is 2.17. The van der Waals surface area contributed by atoms with E-state index in [4.69, 9.17) is 0 Å². The van der Waals surface area contributed by atoms with Crippen LogP contribution in [-0.4, -0.2) is 34.1 Å². The molecule has 0 saturated heterocycles. The number of unbranched alkanes of at least 4 members (excludes halogenated alkanes) is 30. The first kappa shape index (κ1) is 40.9. The molecular formula is C38H79NO2. The summed E-state index contributed by atoms with van der Waals surface area (Å²) in [5, 5.41) is 20.4. The van der Waals surface area contributed by atoms with Crippen LogP contribution in [0.5, 0.6) is 0 Å². The highest BCUT2D eigenvalue weighted by Gasteiger charge is 2.24. The van der Waals surface area contributed by atoms with E-state index in [-0.39, 0.29) is 0 Å².